The van der Waals surface area contributed by atoms with Gasteiger partial charge >= 0.3 is 5.97 Å². The highest BCUT2D eigenvalue weighted by atomic mass is 16.5. The average molecular weight is 398 g/mol. The van der Waals surface area contributed by atoms with Gasteiger partial charge in [0.25, 0.3) is 0 Å². The largest absolute Gasteiger partial charge is 0.467 e. The molecule has 0 fully saturated rings. The fourth-order valence-electron chi connectivity index (χ4n) is 3.76. The number of aryl methyl sites for hydroxylation is 2. The first kappa shape index (κ1) is 20.7. The molecule has 3 heterocycles. The smallest absolute Gasteiger partial charge is 0.355 e. The summed E-state index contributed by atoms with van der Waals surface area (Å²) in [7, 11) is 0. The van der Waals surface area contributed by atoms with E-state index in [-0.39, 0.29) is 18.1 Å². The van der Waals surface area contributed by atoms with Crippen LogP contribution in [0.2, 0.25) is 0 Å². The number of aromatic nitrogens is 2. The number of hydrogen-bond donors (Lipinski definition) is 2. The molecular weight excluding hydrogens is 372 g/mol. The predicted octanol–water partition coefficient (Wildman–Crippen LogP) is 3.78. The Morgan fingerprint density at radius 1 is 1.28 bits per heavy atom. The maximum Gasteiger partial charge on any atom is 0.355 e. The zero-order chi connectivity index (χ0) is 21.3. The fraction of sp³-hybridized carbons (Fsp3) is 0.364. The third kappa shape index (κ3) is 4.05. The van der Waals surface area contributed by atoms with E-state index < -0.39 is 12.1 Å². The Morgan fingerprint density at radius 2 is 2.00 bits per heavy atom. The zero-order valence-corrected chi connectivity index (χ0v) is 17.3. The van der Waals surface area contributed by atoms with Crippen LogP contribution in [0.15, 0.2) is 28.9 Å². The Bertz CT molecular complexity index is 1040. The van der Waals surface area contributed by atoms with Crippen molar-refractivity contribution in [1.82, 2.24) is 9.55 Å². The molecule has 0 spiro atoms. The number of H-pyrrole nitrogens is 1. The number of aliphatic hydroxyl groups is 1. The van der Waals surface area contributed by atoms with Crippen LogP contribution < -0.4 is 0 Å². The molecule has 3 aromatic rings. The number of hydrogen-bond acceptors (Lipinski definition) is 5. The molecule has 1 atom stereocenters. The predicted molar refractivity (Wildman–Crippen MR) is 107 cm³/mol. The van der Waals surface area contributed by atoms with Crippen molar-refractivity contribution in [2.75, 3.05) is 6.61 Å². The molecule has 0 saturated heterocycles. The molecule has 7 nitrogen and oxygen atoms in total. The lowest BCUT2D eigenvalue weighted by Gasteiger charge is -2.08. The van der Waals surface area contributed by atoms with Crippen molar-refractivity contribution < 1.29 is 23.8 Å². The van der Waals surface area contributed by atoms with Crippen molar-refractivity contribution in [3.05, 3.63) is 69.7 Å². The number of ketones is 1. The van der Waals surface area contributed by atoms with Gasteiger partial charge in [-0.3, -0.25) is 4.79 Å². The third-order valence-electron chi connectivity index (χ3n) is 5.22. The number of aromatic amines is 1. The van der Waals surface area contributed by atoms with Crippen molar-refractivity contribution in [3.63, 3.8) is 0 Å². The molecule has 0 aromatic carbocycles. The maximum atomic E-state index is 12.7. The number of ether oxygens (including phenoxy) is 1. The first-order valence-corrected chi connectivity index (χ1v) is 9.47. The Balaban J connectivity index is 1.71. The highest BCUT2D eigenvalue weighted by Gasteiger charge is 2.23. The van der Waals surface area contributed by atoms with Gasteiger partial charge in [0.15, 0.2) is 6.61 Å². The second kappa shape index (κ2) is 8.13. The minimum Gasteiger partial charge on any atom is -0.467 e. The van der Waals surface area contributed by atoms with E-state index in [4.69, 9.17) is 9.15 Å². The van der Waals surface area contributed by atoms with E-state index in [0.29, 0.717) is 28.9 Å². The van der Waals surface area contributed by atoms with Crippen molar-refractivity contribution in [1.29, 1.82) is 0 Å². The van der Waals surface area contributed by atoms with Crippen LogP contribution in [0.5, 0.6) is 0 Å². The minimum atomic E-state index is -0.700. The van der Waals surface area contributed by atoms with Gasteiger partial charge in [-0.05, 0) is 58.4 Å². The van der Waals surface area contributed by atoms with Gasteiger partial charge in [0.1, 0.15) is 11.5 Å². The molecule has 0 aliphatic carbocycles. The maximum absolute atomic E-state index is 12.7. The molecule has 3 rings (SSSR count). The van der Waals surface area contributed by atoms with Gasteiger partial charge < -0.3 is 23.8 Å². The highest BCUT2D eigenvalue weighted by molar-refractivity contribution is 6.00. The summed E-state index contributed by atoms with van der Waals surface area (Å²) in [6, 6.07) is 5.50. The van der Waals surface area contributed by atoms with E-state index in [1.54, 1.807) is 33.1 Å². The summed E-state index contributed by atoms with van der Waals surface area (Å²) in [5.74, 6) is -0.0900. The topological polar surface area (TPSA) is 97.5 Å². The van der Waals surface area contributed by atoms with Crippen LogP contribution in [0.25, 0.3) is 0 Å². The van der Waals surface area contributed by atoms with Crippen molar-refractivity contribution >= 4 is 11.8 Å². The molecule has 0 bridgehead atoms. The Kier molecular flexibility index (Phi) is 5.79. The normalized spacial score (nSPS) is 12.2. The molecule has 7 heteroatoms. The lowest BCUT2D eigenvalue weighted by Crippen LogP contribution is -2.16. The van der Waals surface area contributed by atoms with Gasteiger partial charge in [-0.2, -0.15) is 0 Å². The molecule has 0 saturated carbocycles. The van der Waals surface area contributed by atoms with Gasteiger partial charge in [0, 0.05) is 28.2 Å². The number of furan rings is 1. The molecule has 3 aromatic heterocycles. The summed E-state index contributed by atoms with van der Waals surface area (Å²) >= 11 is 0. The van der Waals surface area contributed by atoms with Crippen LogP contribution in [0.3, 0.4) is 0 Å². The lowest BCUT2D eigenvalue weighted by molar-refractivity contribution is 0.0468. The van der Waals surface area contributed by atoms with Crippen LogP contribution in [-0.4, -0.2) is 33.0 Å². The zero-order valence-electron chi connectivity index (χ0n) is 17.3. The van der Waals surface area contributed by atoms with Crippen LogP contribution in [0, 0.1) is 27.7 Å². The van der Waals surface area contributed by atoms with Crippen LogP contribution >= 0.6 is 0 Å². The first-order valence-electron chi connectivity index (χ1n) is 9.47. The monoisotopic (exact) mass is 398 g/mol. The summed E-state index contributed by atoms with van der Waals surface area (Å²) in [5.41, 5.74) is 4.50. The number of rotatable bonds is 7. The fourth-order valence-corrected chi connectivity index (χ4v) is 3.76. The molecule has 0 aliphatic rings. The van der Waals surface area contributed by atoms with E-state index in [9.17, 15) is 14.7 Å². The van der Waals surface area contributed by atoms with Gasteiger partial charge in [-0.15, -0.1) is 0 Å². The van der Waals surface area contributed by atoms with Crippen LogP contribution in [0.4, 0.5) is 0 Å². The summed E-state index contributed by atoms with van der Waals surface area (Å²) < 4.78 is 12.6. The number of nitrogens with zero attached hydrogens (tertiary/aromatic N) is 1. The number of carbonyl (C=O) groups excluding carboxylic acids is 2. The molecule has 2 N–H and O–H groups in total. The number of esters is 1. The second-order valence-electron chi connectivity index (χ2n) is 7.29. The minimum absolute atomic E-state index is 0.259. The molecule has 0 unspecified atom stereocenters. The van der Waals surface area contributed by atoms with Crippen LogP contribution in [0.1, 0.15) is 67.8 Å². The molecule has 0 amide bonds. The molecular formula is C22H26N2O5. The van der Waals surface area contributed by atoms with Crippen molar-refractivity contribution in [2.45, 2.75) is 47.3 Å². The van der Waals surface area contributed by atoms with Gasteiger partial charge in [-0.25, -0.2) is 4.79 Å². The SMILES string of the molecule is Cc1[nH]c(C(=O)OCC(=O)c2cc(C)n(Cc3ccco3)c2C)c(C)c1[C@H](C)O. The van der Waals surface area contributed by atoms with E-state index in [1.807, 2.05) is 30.5 Å². The number of Topliss-reactive ketones (excluding diaryl/α,β-unsaturated/α-hetero) is 1. The lowest BCUT2D eigenvalue weighted by atomic mass is 10.1. The van der Waals surface area contributed by atoms with Gasteiger partial charge in [-0.1, -0.05) is 0 Å². The summed E-state index contributed by atoms with van der Waals surface area (Å²) in [4.78, 5) is 28.1. The quantitative estimate of drug-likeness (QED) is 0.466. The van der Waals surface area contributed by atoms with Crippen LogP contribution in [-0.2, 0) is 11.3 Å². The summed E-state index contributed by atoms with van der Waals surface area (Å²) in [6.07, 6.45) is 0.913. The molecule has 0 aliphatic heterocycles. The van der Waals surface area contributed by atoms with Crippen molar-refractivity contribution in [2.24, 2.45) is 0 Å². The van der Waals surface area contributed by atoms with E-state index in [2.05, 4.69) is 4.98 Å². The van der Waals surface area contributed by atoms with E-state index >= 15 is 0 Å². The van der Waals surface area contributed by atoms with Crippen molar-refractivity contribution in [3.8, 4) is 0 Å². The number of aliphatic hydroxyl groups excluding tert-OH is 1. The highest BCUT2D eigenvalue weighted by Crippen LogP contribution is 2.25. The second-order valence-corrected chi connectivity index (χ2v) is 7.29. The third-order valence-corrected chi connectivity index (χ3v) is 5.22. The molecule has 29 heavy (non-hydrogen) atoms. The van der Waals surface area contributed by atoms with E-state index in [0.717, 1.165) is 17.1 Å². The average Bonchev–Trinajstić information content (AvgIpc) is 3.34. The number of nitrogens with one attached hydrogen (secondary N) is 1. The Hall–Kier alpha value is -3.06. The van der Waals surface area contributed by atoms with E-state index in [1.165, 1.54) is 0 Å². The Morgan fingerprint density at radius 3 is 2.59 bits per heavy atom. The molecule has 154 valence electrons. The summed E-state index contributed by atoms with van der Waals surface area (Å²) in [5, 5.41) is 9.86. The summed E-state index contributed by atoms with van der Waals surface area (Å²) in [6.45, 7) is 9.11. The first-order chi connectivity index (χ1) is 13.7. The standard InChI is InChI=1S/C22H26N2O5/c1-12-9-18(15(4)24(12)10-17-7-6-8-28-17)19(26)11-29-22(27)21-13(2)20(16(5)25)14(3)23-21/h6-9,16,23,25H,10-11H2,1-5H3/t16-/m0/s1. The Labute approximate surface area is 169 Å². The van der Waals surface area contributed by atoms with Gasteiger partial charge in [0.05, 0.1) is 18.9 Å². The van der Waals surface area contributed by atoms with Gasteiger partial charge in [0.2, 0.25) is 5.78 Å². The number of carbonyl (C=O) groups is 2. The molecule has 0 radical (unpaired) electrons.